The monoisotopic (exact) mass is 416 g/mol. The molecule has 0 bridgehead atoms. The van der Waals surface area contributed by atoms with Gasteiger partial charge in [-0.2, -0.15) is 0 Å². The van der Waals surface area contributed by atoms with E-state index < -0.39 is 0 Å². The number of anilines is 1. The van der Waals surface area contributed by atoms with Gasteiger partial charge in [0.1, 0.15) is 0 Å². The lowest BCUT2D eigenvalue weighted by atomic mass is 10.1. The molecular weight excluding hydrogens is 391 g/mol. The van der Waals surface area contributed by atoms with Crippen molar-refractivity contribution in [3.8, 4) is 0 Å². The summed E-state index contributed by atoms with van der Waals surface area (Å²) in [6.45, 7) is 5.58. The van der Waals surface area contributed by atoms with E-state index in [1.807, 2.05) is 20.8 Å². The molecule has 1 aromatic carbocycles. The number of likely N-dealkylation sites (N-methyl/N-ethyl adjacent to an activating group) is 2. The Morgan fingerprint density at radius 3 is 2.15 bits per heavy atom. The van der Waals surface area contributed by atoms with E-state index in [0.717, 1.165) is 0 Å². The molecule has 0 spiro atoms. The van der Waals surface area contributed by atoms with Gasteiger partial charge in [0.25, 0.3) is 0 Å². The van der Waals surface area contributed by atoms with Crippen molar-refractivity contribution in [3.05, 3.63) is 28.2 Å². The molecule has 0 aliphatic rings. The second-order valence-electron chi connectivity index (χ2n) is 7.40. The summed E-state index contributed by atoms with van der Waals surface area (Å²) in [5, 5.41) is 6.22. The van der Waals surface area contributed by atoms with Crippen LogP contribution in [0.1, 0.15) is 20.8 Å². The highest BCUT2D eigenvalue weighted by molar-refractivity contribution is 6.42. The van der Waals surface area contributed by atoms with E-state index >= 15 is 0 Å². The summed E-state index contributed by atoms with van der Waals surface area (Å²) < 4.78 is 0. The van der Waals surface area contributed by atoms with Crippen LogP contribution in [0.25, 0.3) is 0 Å². The Morgan fingerprint density at radius 1 is 0.963 bits per heavy atom. The summed E-state index contributed by atoms with van der Waals surface area (Å²) in [5.74, 6) is -0.793. The molecule has 0 atom stereocenters. The summed E-state index contributed by atoms with van der Waals surface area (Å²) in [6.07, 6.45) is 0. The first-order valence-corrected chi connectivity index (χ1v) is 9.11. The molecular formula is C18H26Cl2N4O3. The Kier molecular flexibility index (Phi) is 8.53. The Hall–Kier alpha value is -1.83. The van der Waals surface area contributed by atoms with Crippen molar-refractivity contribution in [1.82, 2.24) is 15.1 Å². The fourth-order valence-corrected chi connectivity index (χ4v) is 2.49. The molecule has 0 aromatic heterocycles. The highest BCUT2D eigenvalue weighted by Gasteiger charge is 2.19. The topological polar surface area (TPSA) is 81.8 Å². The summed E-state index contributed by atoms with van der Waals surface area (Å²) in [5.41, 5.74) is 0.158. The minimum absolute atomic E-state index is 0.00795. The third-order valence-electron chi connectivity index (χ3n) is 3.34. The Bertz CT molecular complexity index is 704. The summed E-state index contributed by atoms with van der Waals surface area (Å²) >= 11 is 11.7. The van der Waals surface area contributed by atoms with Crippen LogP contribution in [0.15, 0.2) is 18.2 Å². The van der Waals surface area contributed by atoms with Gasteiger partial charge in [-0.3, -0.25) is 19.3 Å². The van der Waals surface area contributed by atoms with Crippen LogP contribution in [0, 0.1) is 0 Å². The molecule has 27 heavy (non-hydrogen) atoms. The average Bonchev–Trinajstić information content (AvgIpc) is 2.48. The first-order chi connectivity index (χ1) is 12.4. The van der Waals surface area contributed by atoms with Gasteiger partial charge in [0.2, 0.25) is 17.7 Å². The summed E-state index contributed by atoms with van der Waals surface area (Å²) in [7, 11) is 3.20. The molecule has 1 rings (SSSR count). The molecule has 0 radical (unpaired) electrons. The van der Waals surface area contributed by atoms with E-state index in [1.165, 1.54) is 4.90 Å². The number of amides is 3. The Balaban J connectivity index is 2.46. The van der Waals surface area contributed by atoms with Crippen molar-refractivity contribution in [2.75, 3.05) is 39.0 Å². The normalized spacial score (nSPS) is 11.3. The molecule has 7 nitrogen and oxygen atoms in total. The first-order valence-electron chi connectivity index (χ1n) is 8.36. The third-order valence-corrected chi connectivity index (χ3v) is 4.08. The lowest BCUT2D eigenvalue weighted by Gasteiger charge is -2.24. The number of carbonyl (C=O) groups excluding carboxylic acids is 3. The van der Waals surface area contributed by atoms with Gasteiger partial charge in [-0.1, -0.05) is 23.2 Å². The van der Waals surface area contributed by atoms with Gasteiger partial charge in [0, 0.05) is 18.3 Å². The molecule has 2 N–H and O–H groups in total. The van der Waals surface area contributed by atoms with Crippen molar-refractivity contribution in [2.45, 2.75) is 26.3 Å². The van der Waals surface area contributed by atoms with Gasteiger partial charge >= 0.3 is 0 Å². The maximum absolute atomic E-state index is 12.2. The fourth-order valence-electron chi connectivity index (χ4n) is 2.19. The van der Waals surface area contributed by atoms with Gasteiger partial charge in [0.05, 0.1) is 29.7 Å². The predicted molar refractivity (Wildman–Crippen MR) is 108 cm³/mol. The van der Waals surface area contributed by atoms with Crippen LogP contribution in [0.2, 0.25) is 10.0 Å². The SMILES string of the molecule is CN(CC(=O)Nc1ccc(Cl)c(Cl)c1)CC(=O)N(C)CC(=O)NC(C)(C)C. The van der Waals surface area contributed by atoms with Crippen LogP contribution < -0.4 is 10.6 Å². The predicted octanol–water partition coefficient (Wildman–Crippen LogP) is 2.24. The van der Waals surface area contributed by atoms with E-state index in [1.54, 1.807) is 37.2 Å². The molecule has 0 aliphatic carbocycles. The van der Waals surface area contributed by atoms with Gasteiger partial charge in [-0.15, -0.1) is 0 Å². The van der Waals surface area contributed by atoms with E-state index in [2.05, 4.69) is 10.6 Å². The molecule has 1 aromatic rings. The molecule has 150 valence electrons. The standard InChI is InChI=1S/C18H26Cl2N4O3/c1-18(2,3)22-16(26)10-24(5)17(27)11-23(4)9-15(25)21-12-6-7-13(19)14(20)8-12/h6-8H,9-11H2,1-5H3,(H,21,25)(H,22,26). The smallest absolute Gasteiger partial charge is 0.240 e. The minimum atomic E-state index is -0.361. The average molecular weight is 417 g/mol. The van der Waals surface area contributed by atoms with E-state index in [4.69, 9.17) is 23.2 Å². The Morgan fingerprint density at radius 2 is 1.59 bits per heavy atom. The second-order valence-corrected chi connectivity index (χ2v) is 8.21. The van der Waals surface area contributed by atoms with E-state index in [9.17, 15) is 14.4 Å². The van der Waals surface area contributed by atoms with Gasteiger partial charge < -0.3 is 15.5 Å². The highest BCUT2D eigenvalue weighted by Crippen LogP contribution is 2.24. The van der Waals surface area contributed by atoms with E-state index in [-0.39, 0.29) is 42.9 Å². The molecule has 0 saturated heterocycles. The van der Waals surface area contributed by atoms with Gasteiger partial charge in [-0.05, 0) is 46.0 Å². The minimum Gasteiger partial charge on any atom is -0.350 e. The van der Waals surface area contributed by atoms with Crippen LogP contribution in [-0.2, 0) is 14.4 Å². The molecule has 0 aliphatic heterocycles. The number of benzene rings is 1. The molecule has 0 fully saturated rings. The van der Waals surface area contributed by atoms with Crippen molar-refractivity contribution in [3.63, 3.8) is 0 Å². The second kappa shape index (κ2) is 9.92. The maximum atomic E-state index is 12.2. The van der Waals surface area contributed by atoms with Crippen LogP contribution in [-0.4, -0.2) is 66.8 Å². The Labute approximate surface area is 170 Å². The van der Waals surface area contributed by atoms with Crippen LogP contribution in [0.5, 0.6) is 0 Å². The fraction of sp³-hybridized carbons (Fsp3) is 0.500. The van der Waals surface area contributed by atoms with Crippen molar-refractivity contribution < 1.29 is 14.4 Å². The maximum Gasteiger partial charge on any atom is 0.240 e. The molecule has 9 heteroatoms. The molecule has 0 heterocycles. The quantitative estimate of drug-likeness (QED) is 0.713. The molecule has 3 amide bonds. The third kappa shape index (κ3) is 9.08. The highest BCUT2D eigenvalue weighted by atomic mass is 35.5. The summed E-state index contributed by atoms with van der Waals surface area (Å²) in [4.78, 5) is 39.1. The van der Waals surface area contributed by atoms with Crippen LogP contribution >= 0.6 is 23.2 Å². The van der Waals surface area contributed by atoms with Gasteiger partial charge in [-0.25, -0.2) is 0 Å². The lowest BCUT2D eigenvalue weighted by molar-refractivity contribution is -0.136. The number of halogens is 2. The van der Waals surface area contributed by atoms with Crippen molar-refractivity contribution in [1.29, 1.82) is 0 Å². The number of carbonyl (C=O) groups is 3. The lowest BCUT2D eigenvalue weighted by Crippen LogP contribution is -2.48. The van der Waals surface area contributed by atoms with E-state index in [0.29, 0.717) is 15.7 Å². The van der Waals surface area contributed by atoms with Gasteiger partial charge in [0.15, 0.2) is 0 Å². The number of hydrogen-bond donors (Lipinski definition) is 2. The number of nitrogens with one attached hydrogen (secondary N) is 2. The molecule has 0 unspecified atom stereocenters. The van der Waals surface area contributed by atoms with Crippen LogP contribution in [0.4, 0.5) is 5.69 Å². The van der Waals surface area contributed by atoms with Crippen molar-refractivity contribution >= 4 is 46.6 Å². The van der Waals surface area contributed by atoms with Crippen LogP contribution in [0.3, 0.4) is 0 Å². The number of rotatable bonds is 7. The largest absolute Gasteiger partial charge is 0.350 e. The zero-order valence-electron chi connectivity index (χ0n) is 16.2. The zero-order chi connectivity index (χ0) is 20.8. The number of nitrogens with zero attached hydrogens (tertiary/aromatic N) is 2. The summed E-state index contributed by atoms with van der Waals surface area (Å²) in [6, 6.07) is 4.78. The molecule has 0 saturated carbocycles. The van der Waals surface area contributed by atoms with Crippen molar-refractivity contribution in [2.24, 2.45) is 0 Å². The zero-order valence-corrected chi connectivity index (χ0v) is 17.7. The first kappa shape index (κ1) is 23.2. The number of hydrogen-bond acceptors (Lipinski definition) is 4.